The van der Waals surface area contributed by atoms with Crippen LogP contribution in [0.2, 0.25) is 0 Å². The number of nitro benzene ring substituents is 1. The van der Waals surface area contributed by atoms with Gasteiger partial charge in [-0.3, -0.25) is 19.7 Å². The number of rotatable bonds is 7. The Kier molecular flexibility index (Phi) is 5.64. The van der Waals surface area contributed by atoms with E-state index in [1.807, 2.05) is 0 Å². The number of likely N-dealkylation sites (N-methyl/N-ethyl adjacent to an activating group) is 1. The maximum atomic E-state index is 12.0. The summed E-state index contributed by atoms with van der Waals surface area (Å²) in [6.07, 6.45) is -0.249. The first-order chi connectivity index (χ1) is 9.45. The maximum absolute atomic E-state index is 12.0. The summed E-state index contributed by atoms with van der Waals surface area (Å²) in [6, 6.07) is 6.04. The number of para-hydroxylation sites is 1. The third-order valence-electron chi connectivity index (χ3n) is 2.86. The second-order valence-corrected chi connectivity index (χ2v) is 4.18. The molecule has 1 rings (SSSR count). The molecule has 1 amide bonds. The van der Waals surface area contributed by atoms with E-state index in [1.54, 1.807) is 13.0 Å². The van der Waals surface area contributed by atoms with E-state index in [-0.39, 0.29) is 31.0 Å². The van der Waals surface area contributed by atoms with Gasteiger partial charge in [0.1, 0.15) is 0 Å². The zero-order valence-corrected chi connectivity index (χ0v) is 11.1. The van der Waals surface area contributed by atoms with Crippen LogP contribution in [0.25, 0.3) is 0 Å². The summed E-state index contributed by atoms with van der Waals surface area (Å²) in [4.78, 5) is 34.3. The molecule has 0 aromatic heterocycles. The molecule has 7 nitrogen and oxygen atoms in total. The topological polar surface area (TPSA) is 101 Å². The average molecular weight is 280 g/mol. The number of carbonyl (C=O) groups is 2. The van der Waals surface area contributed by atoms with E-state index in [9.17, 15) is 19.7 Å². The predicted molar refractivity (Wildman–Crippen MR) is 71.3 cm³/mol. The molecular weight excluding hydrogens is 264 g/mol. The van der Waals surface area contributed by atoms with Crippen molar-refractivity contribution in [2.45, 2.75) is 19.8 Å². The van der Waals surface area contributed by atoms with E-state index in [0.29, 0.717) is 12.1 Å². The van der Waals surface area contributed by atoms with Crippen LogP contribution in [-0.4, -0.2) is 39.9 Å². The van der Waals surface area contributed by atoms with E-state index >= 15 is 0 Å². The Morgan fingerprint density at radius 2 is 2.00 bits per heavy atom. The smallest absolute Gasteiger partial charge is 0.305 e. The fourth-order valence-corrected chi connectivity index (χ4v) is 1.80. The monoisotopic (exact) mass is 280 g/mol. The fraction of sp³-hybridized carbons (Fsp3) is 0.385. The molecule has 0 radical (unpaired) electrons. The Morgan fingerprint density at radius 3 is 2.55 bits per heavy atom. The number of carboxylic acids is 1. The summed E-state index contributed by atoms with van der Waals surface area (Å²) in [5.41, 5.74) is 0.228. The summed E-state index contributed by atoms with van der Waals surface area (Å²) < 4.78 is 0. The van der Waals surface area contributed by atoms with Gasteiger partial charge in [-0.2, -0.15) is 0 Å². The second kappa shape index (κ2) is 7.22. The summed E-state index contributed by atoms with van der Waals surface area (Å²) >= 11 is 0. The van der Waals surface area contributed by atoms with Gasteiger partial charge in [0, 0.05) is 24.7 Å². The van der Waals surface area contributed by atoms with E-state index in [0.717, 1.165) is 0 Å². The lowest BCUT2D eigenvalue weighted by Gasteiger charge is -2.19. The van der Waals surface area contributed by atoms with Gasteiger partial charge in [0.2, 0.25) is 5.91 Å². The molecule has 0 bridgehead atoms. The minimum absolute atomic E-state index is 0.102. The molecule has 1 aromatic carbocycles. The van der Waals surface area contributed by atoms with Crippen molar-refractivity contribution in [2.75, 3.05) is 13.1 Å². The van der Waals surface area contributed by atoms with E-state index in [4.69, 9.17) is 5.11 Å². The zero-order valence-electron chi connectivity index (χ0n) is 11.1. The number of hydrogen-bond acceptors (Lipinski definition) is 4. The molecule has 0 aliphatic heterocycles. The highest BCUT2D eigenvalue weighted by atomic mass is 16.6. The van der Waals surface area contributed by atoms with Gasteiger partial charge in [0.25, 0.3) is 5.69 Å². The molecule has 0 saturated carbocycles. The number of aliphatic carboxylic acids is 1. The van der Waals surface area contributed by atoms with Gasteiger partial charge in [-0.05, 0) is 6.92 Å². The molecule has 1 aromatic rings. The molecular formula is C13H16N2O5. The van der Waals surface area contributed by atoms with Crippen molar-refractivity contribution in [3.8, 4) is 0 Å². The average Bonchev–Trinajstić information content (AvgIpc) is 2.39. The van der Waals surface area contributed by atoms with Crippen LogP contribution in [0.4, 0.5) is 5.69 Å². The van der Waals surface area contributed by atoms with Gasteiger partial charge in [-0.25, -0.2) is 0 Å². The molecule has 0 aliphatic carbocycles. The third kappa shape index (κ3) is 4.34. The number of amides is 1. The molecule has 0 atom stereocenters. The van der Waals surface area contributed by atoms with Crippen LogP contribution in [0.1, 0.15) is 18.9 Å². The normalized spacial score (nSPS) is 10.1. The quantitative estimate of drug-likeness (QED) is 0.602. The van der Waals surface area contributed by atoms with Gasteiger partial charge >= 0.3 is 5.97 Å². The van der Waals surface area contributed by atoms with Crippen molar-refractivity contribution in [2.24, 2.45) is 0 Å². The van der Waals surface area contributed by atoms with Crippen molar-refractivity contribution < 1.29 is 19.6 Å². The highest BCUT2D eigenvalue weighted by Gasteiger charge is 2.19. The van der Waals surface area contributed by atoms with Crippen LogP contribution in [0, 0.1) is 10.1 Å². The van der Waals surface area contributed by atoms with Crippen LogP contribution < -0.4 is 0 Å². The Balaban J connectivity index is 2.78. The Morgan fingerprint density at radius 1 is 1.35 bits per heavy atom. The number of nitrogens with zero attached hydrogens (tertiary/aromatic N) is 2. The first kappa shape index (κ1) is 15.6. The van der Waals surface area contributed by atoms with Crippen molar-refractivity contribution >= 4 is 17.6 Å². The van der Waals surface area contributed by atoms with Crippen molar-refractivity contribution in [3.63, 3.8) is 0 Å². The van der Waals surface area contributed by atoms with Gasteiger partial charge in [0.05, 0.1) is 17.8 Å². The minimum atomic E-state index is -0.984. The number of nitro groups is 1. The third-order valence-corrected chi connectivity index (χ3v) is 2.86. The molecule has 0 saturated heterocycles. The maximum Gasteiger partial charge on any atom is 0.305 e. The standard InChI is InChI=1S/C13H16N2O5/c1-2-14(8-7-13(17)18)12(16)9-10-5-3-4-6-11(10)15(19)20/h3-6H,2,7-9H2,1H3,(H,17,18). The Labute approximate surface area is 116 Å². The van der Waals surface area contributed by atoms with Gasteiger partial charge < -0.3 is 10.0 Å². The van der Waals surface area contributed by atoms with Crippen LogP contribution in [-0.2, 0) is 16.0 Å². The van der Waals surface area contributed by atoms with Gasteiger partial charge in [0.15, 0.2) is 0 Å². The first-order valence-corrected chi connectivity index (χ1v) is 6.17. The summed E-state index contributed by atoms with van der Waals surface area (Å²) in [6.45, 7) is 2.21. The molecule has 7 heteroatoms. The number of carbonyl (C=O) groups excluding carboxylic acids is 1. The highest BCUT2D eigenvalue weighted by Crippen LogP contribution is 2.18. The predicted octanol–water partition coefficient (Wildman–Crippen LogP) is 1.46. The number of hydrogen-bond donors (Lipinski definition) is 1. The molecule has 0 spiro atoms. The lowest BCUT2D eigenvalue weighted by atomic mass is 10.1. The van der Waals surface area contributed by atoms with Gasteiger partial charge in [-0.1, -0.05) is 18.2 Å². The van der Waals surface area contributed by atoms with Crippen LogP contribution in [0.5, 0.6) is 0 Å². The molecule has 108 valence electrons. The highest BCUT2D eigenvalue weighted by molar-refractivity contribution is 5.80. The number of benzene rings is 1. The molecule has 0 heterocycles. The summed E-state index contributed by atoms with van der Waals surface area (Å²) in [7, 11) is 0. The molecule has 0 aliphatic rings. The molecule has 20 heavy (non-hydrogen) atoms. The lowest BCUT2D eigenvalue weighted by molar-refractivity contribution is -0.385. The SMILES string of the molecule is CCN(CCC(=O)O)C(=O)Cc1ccccc1[N+](=O)[O-]. The van der Waals surface area contributed by atoms with E-state index < -0.39 is 10.9 Å². The first-order valence-electron chi connectivity index (χ1n) is 6.17. The minimum Gasteiger partial charge on any atom is -0.481 e. The molecule has 0 unspecified atom stereocenters. The van der Waals surface area contributed by atoms with Crippen molar-refractivity contribution in [1.82, 2.24) is 4.90 Å². The molecule has 1 N–H and O–H groups in total. The summed E-state index contributed by atoms with van der Waals surface area (Å²) in [5, 5.41) is 19.5. The Bertz CT molecular complexity index is 515. The Hall–Kier alpha value is -2.44. The fourth-order valence-electron chi connectivity index (χ4n) is 1.80. The van der Waals surface area contributed by atoms with E-state index in [2.05, 4.69) is 0 Å². The van der Waals surface area contributed by atoms with Crippen LogP contribution >= 0.6 is 0 Å². The van der Waals surface area contributed by atoms with Gasteiger partial charge in [-0.15, -0.1) is 0 Å². The zero-order chi connectivity index (χ0) is 15.1. The summed E-state index contributed by atoms with van der Waals surface area (Å²) in [5.74, 6) is -1.30. The van der Waals surface area contributed by atoms with Crippen LogP contribution in [0.3, 0.4) is 0 Å². The second-order valence-electron chi connectivity index (χ2n) is 4.18. The van der Waals surface area contributed by atoms with Crippen LogP contribution in [0.15, 0.2) is 24.3 Å². The van der Waals surface area contributed by atoms with E-state index in [1.165, 1.54) is 23.1 Å². The number of carboxylic acid groups (broad SMARTS) is 1. The largest absolute Gasteiger partial charge is 0.481 e. The lowest BCUT2D eigenvalue weighted by Crippen LogP contribution is -2.34. The van der Waals surface area contributed by atoms with Crippen molar-refractivity contribution in [3.05, 3.63) is 39.9 Å². The van der Waals surface area contributed by atoms with Crippen molar-refractivity contribution in [1.29, 1.82) is 0 Å². The molecule has 0 fully saturated rings.